The van der Waals surface area contributed by atoms with Crippen LogP contribution in [0.1, 0.15) is 73.3 Å². The number of hydrogen-bond acceptors (Lipinski definition) is 11. The summed E-state index contributed by atoms with van der Waals surface area (Å²) >= 11 is 0. The Morgan fingerprint density at radius 1 is 1.00 bits per heavy atom. The number of hydrogen-bond donors (Lipinski definition) is 4. The van der Waals surface area contributed by atoms with E-state index < -0.39 is 77.5 Å². The Kier molecular flexibility index (Phi) is 12.9. The van der Waals surface area contributed by atoms with Gasteiger partial charge in [-0.15, -0.1) is 5.06 Å². The number of carbonyl (C=O) groups is 6. The molecule has 1 heterocycles. The highest BCUT2D eigenvalue weighted by Gasteiger charge is 2.45. The number of nitrogens with one attached hydrogen (secondary N) is 2. The van der Waals surface area contributed by atoms with Crippen molar-refractivity contribution < 1.29 is 53.3 Å². The molecule has 0 unspecified atom stereocenters. The van der Waals surface area contributed by atoms with Gasteiger partial charge in [-0.25, -0.2) is 14.4 Å². The van der Waals surface area contributed by atoms with Crippen molar-refractivity contribution in [2.45, 2.75) is 109 Å². The molecule has 0 saturated carbocycles. The molecule has 0 bridgehead atoms. The summed E-state index contributed by atoms with van der Waals surface area (Å²) < 4.78 is 9.97. The minimum atomic E-state index is -1.57. The van der Waals surface area contributed by atoms with E-state index in [1.54, 1.807) is 53.7 Å². The SMILES string of the molecule is COC(=O)[C@H](C)NC(=O)[C@@H]1CCCN1C(=O)[C@H](CC(=O)O)N(OC(=O)[C@H](Cc1ccc(O)cc1)NC(=O)OC(C)(C)C)C(C)(C)C. The molecule has 15 nitrogen and oxygen atoms in total. The molecule has 0 aromatic heterocycles. The van der Waals surface area contributed by atoms with Gasteiger partial charge >= 0.3 is 24.0 Å². The number of ether oxygens (including phenoxy) is 2. The lowest BCUT2D eigenvalue weighted by Crippen LogP contribution is -2.60. The maximum absolute atomic E-state index is 14.0. The van der Waals surface area contributed by atoms with Gasteiger partial charge in [0.2, 0.25) is 11.8 Å². The van der Waals surface area contributed by atoms with E-state index in [1.165, 1.54) is 31.1 Å². The van der Waals surface area contributed by atoms with Gasteiger partial charge < -0.3 is 40.1 Å². The van der Waals surface area contributed by atoms with Crippen molar-refractivity contribution in [1.29, 1.82) is 0 Å². The lowest BCUT2D eigenvalue weighted by molar-refractivity contribution is -0.234. The predicted molar refractivity (Wildman–Crippen MR) is 163 cm³/mol. The number of likely N-dealkylation sites (tertiary alicyclic amines) is 1. The van der Waals surface area contributed by atoms with Crippen LogP contribution >= 0.6 is 0 Å². The number of phenolic OH excluding ortho intramolecular Hbond substituents is 1. The number of benzene rings is 1. The zero-order chi connectivity index (χ0) is 35.0. The average molecular weight is 651 g/mol. The summed E-state index contributed by atoms with van der Waals surface area (Å²) in [6.45, 7) is 11.3. The maximum Gasteiger partial charge on any atom is 0.408 e. The quantitative estimate of drug-likeness (QED) is 0.189. The standard InChI is InChI=1S/C31H46N4O11/c1-18(27(41)44-8)32-25(39)22-10-9-15-34(22)26(40)23(17-24(37)38)35(30(2,3)4)46-28(42)21(33-29(43)45-31(5,6)7)16-19-11-13-20(36)14-12-19/h11-14,18,21-23,36H,9-10,15-17H2,1-8H3,(H,32,39)(H,33,43)(H,37,38)/t18-,21-,22-,23-/m0/s1. The number of nitrogens with zero attached hydrogens (tertiary/aromatic N) is 2. The second-order valence-corrected chi connectivity index (χ2v) is 13.0. The Labute approximate surface area is 268 Å². The third-order valence-electron chi connectivity index (χ3n) is 6.89. The van der Waals surface area contributed by atoms with Gasteiger partial charge in [-0.2, -0.15) is 0 Å². The number of esters is 1. The zero-order valence-corrected chi connectivity index (χ0v) is 27.6. The largest absolute Gasteiger partial charge is 0.508 e. The molecule has 4 N–H and O–H groups in total. The van der Waals surface area contributed by atoms with Gasteiger partial charge in [-0.05, 0) is 79.0 Å². The Bertz CT molecular complexity index is 1270. The van der Waals surface area contributed by atoms with Crippen LogP contribution in [0, 0.1) is 0 Å². The molecule has 3 amide bonds. The summed E-state index contributed by atoms with van der Waals surface area (Å²) in [6.07, 6.45) is -1.11. The van der Waals surface area contributed by atoms with Crippen LogP contribution in [0.3, 0.4) is 0 Å². The van der Waals surface area contributed by atoms with Crippen LogP contribution in [0.25, 0.3) is 0 Å². The predicted octanol–water partition coefficient (Wildman–Crippen LogP) is 1.90. The number of alkyl carbamates (subject to hydrolysis) is 1. The third-order valence-corrected chi connectivity index (χ3v) is 6.89. The molecule has 2 rings (SSSR count). The van der Waals surface area contributed by atoms with Crippen molar-refractivity contribution in [3.63, 3.8) is 0 Å². The average Bonchev–Trinajstić information content (AvgIpc) is 3.43. The summed E-state index contributed by atoms with van der Waals surface area (Å²) in [6, 6.07) is 0.989. The van der Waals surface area contributed by atoms with Crippen LogP contribution in [0.2, 0.25) is 0 Å². The minimum Gasteiger partial charge on any atom is -0.508 e. The molecule has 256 valence electrons. The molecule has 1 aromatic rings. The Balaban J connectivity index is 2.42. The fraction of sp³-hybridized carbons (Fsp3) is 0.613. The van der Waals surface area contributed by atoms with Crippen molar-refractivity contribution in [1.82, 2.24) is 20.6 Å². The van der Waals surface area contributed by atoms with Gasteiger partial charge in [0.05, 0.1) is 13.5 Å². The highest BCUT2D eigenvalue weighted by atomic mass is 16.7. The Morgan fingerprint density at radius 3 is 2.13 bits per heavy atom. The van der Waals surface area contributed by atoms with Gasteiger partial charge in [0.25, 0.3) is 0 Å². The molecule has 1 aliphatic heterocycles. The molecule has 46 heavy (non-hydrogen) atoms. The van der Waals surface area contributed by atoms with E-state index in [0.717, 1.165) is 5.06 Å². The molecule has 1 saturated heterocycles. The number of amides is 3. The van der Waals surface area contributed by atoms with Crippen LogP contribution in [-0.2, 0) is 44.7 Å². The van der Waals surface area contributed by atoms with E-state index in [4.69, 9.17) is 9.57 Å². The topological polar surface area (TPSA) is 201 Å². The van der Waals surface area contributed by atoms with E-state index in [9.17, 15) is 39.0 Å². The molecule has 0 aliphatic carbocycles. The monoisotopic (exact) mass is 650 g/mol. The number of carbonyl (C=O) groups excluding carboxylic acids is 5. The third kappa shape index (κ3) is 11.2. The molecule has 0 spiro atoms. The maximum atomic E-state index is 14.0. The van der Waals surface area contributed by atoms with Crippen LogP contribution < -0.4 is 10.6 Å². The van der Waals surface area contributed by atoms with Crippen molar-refractivity contribution in [3.05, 3.63) is 29.8 Å². The smallest absolute Gasteiger partial charge is 0.408 e. The lowest BCUT2D eigenvalue weighted by Gasteiger charge is -2.40. The number of aromatic hydroxyl groups is 1. The summed E-state index contributed by atoms with van der Waals surface area (Å²) in [5, 5.41) is 25.4. The first-order valence-electron chi connectivity index (χ1n) is 14.9. The van der Waals surface area contributed by atoms with Crippen LogP contribution in [0.5, 0.6) is 5.75 Å². The number of aliphatic carboxylic acids is 1. The van der Waals surface area contributed by atoms with Gasteiger partial charge in [-0.1, -0.05) is 12.1 Å². The summed E-state index contributed by atoms with van der Waals surface area (Å²) in [4.78, 5) is 84.4. The van der Waals surface area contributed by atoms with Gasteiger partial charge in [-0.3, -0.25) is 14.4 Å². The lowest BCUT2D eigenvalue weighted by atomic mass is 10.0. The number of rotatable bonds is 12. The fourth-order valence-electron chi connectivity index (χ4n) is 4.82. The van der Waals surface area contributed by atoms with Crippen molar-refractivity contribution in [2.24, 2.45) is 0 Å². The van der Waals surface area contributed by atoms with Crippen molar-refractivity contribution >= 4 is 35.8 Å². The molecule has 1 aliphatic rings. The van der Waals surface area contributed by atoms with Crippen molar-refractivity contribution in [3.8, 4) is 5.75 Å². The Morgan fingerprint density at radius 2 is 1.61 bits per heavy atom. The second kappa shape index (κ2) is 15.7. The molecular formula is C31H46N4O11. The van der Waals surface area contributed by atoms with E-state index in [-0.39, 0.29) is 25.1 Å². The Hall–Kier alpha value is -4.40. The van der Waals surface area contributed by atoms with Crippen molar-refractivity contribution in [2.75, 3.05) is 13.7 Å². The number of hydroxylamine groups is 2. The van der Waals surface area contributed by atoms with E-state index >= 15 is 0 Å². The minimum absolute atomic E-state index is 0.00874. The normalized spacial score (nSPS) is 17.0. The van der Waals surface area contributed by atoms with Crippen LogP contribution in [0.15, 0.2) is 24.3 Å². The number of methoxy groups -OCH3 is 1. The van der Waals surface area contributed by atoms with Crippen LogP contribution in [0.4, 0.5) is 4.79 Å². The molecule has 4 atom stereocenters. The molecular weight excluding hydrogens is 604 g/mol. The number of carboxylic acid groups (broad SMARTS) is 1. The van der Waals surface area contributed by atoms with Gasteiger partial charge in [0, 0.05) is 18.5 Å². The van der Waals surface area contributed by atoms with E-state index in [0.29, 0.717) is 12.0 Å². The molecule has 1 fully saturated rings. The number of phenols is 1. The van der Waals surface area contributed by atoms with E-state index in [2.05, 4.69) is 15.4 Å². The fourth-order valence-corrected chi connectivity index (χ4v) is 4.82. The van der Waals surface area contributed by atoms with Crippen LogP contribution in [-0.4, -0.2) is 105 Å². The summed E-state index contributed by atoms with van der Waals surface area (Å²) in [5.41, 5.74) is -1.48. The molecule has 0 radical (unpaired) electrons. The first-order valence-corrected chi connectivity index (χ1v) is 14.9. The summed E-state index contributed by atoms with van der Waals surface area (Å²) in [5.74, 6) is -4.46. The molecule has 15 heteroatoms. The first kappa shape index (κ1) is 37.8. The molecule has 1 aromatic carbocycles. The first-order chi connectivity index (χ1) is 21.2. The van der Waals surface area contributed by atoms with Gasteiger partial charge in [0.1, 0.15) is 35.5 Å². The summed E-state index contributed by atoms with van der Waals surface area (Å²) in [7, 11) is 1.17. The highest BCUT2D eigenvalue weighted by Crippen LogP contribution is 2.27. The highest BCUT2D eigenvalue weighted by molar-refractivity contribution is 5.93. The second-order valence-electron chi connectivity index (χ2n) is 13.0. The number of carboxylic acids is 1. The van der Waals surface area contributed by atoms with E-state index in [1.807, 2.05) is 0 Å². The zero-order valence-electron chi connectivity index (χ0n) is 27.6. The van der Waals surface area contributed by atoms with Gasteiger partial charge in [0.15, 0.2) is 0 Å².